The van der Waals surface area contributed by atoms with Crippen LogP contribution in [0.3, 0.4) is 0 Å². The number of phenols is 1. The van der Waals surface area contributed by atoms with Crippen LogP contribution < -0.4 is 10.1 Å². The first-order chi connectivity index (χ1) is 16.8. The first-order valence-electron chi connectivity index (χ1n) is 12.8. The Morgan fingerprint density at radius 3 is 2.86 bits per heavy atom. The van der Waals surface area contributed by atoms with Crippen molar-refractivity contribution in [1.82, 2.24) is 10.2 Å². The van der Waals surface area contributed by atoms with E-state index in [0.29, 0.717) is 29.7 Å². The van der Waals surface area contributed by atoms with E-state index in [4.69, 9.17) is 14.6 Å². The van der Waals surface area contributed by atoms with Gasteiger partial charge in [0.05, 0.1) is 6.10 Å². The van der Waals surface area contributed by atoms with Crippen molar-refractivity contribution in [3.8, 4) is 11.5 Å². The maximum absolute atomic E-state index is 11.9. The average molecular weight is 487 g/mol. The summed E-state index contributed by atoms with van der Waals surface area (Å²) in [5, 5.41) is 32.8. The molecule has 2 heterocycles. The number of nitrogens with zero attached hydrogens (tertiary/aromatic N) is 1. The van der Waals surface area contributed by atoms with Crippen LogP contribution in [0.4, 0.5) is 0 Å². The van der Waals surface area contributed by atoms with E-state index in [9.17, 15) is 19.8 Å². The van der Waals surface area contributed by atoms with Gasteiger partial charge in [0.15, 0.2) is 11.5 Å². The number of hydrogen-bond acceptors (Lipinski definition) is 7. The maximum Gasteiger partial charge on any atom is 0.320 e. The lowest BCUT2D eigenvalue weighted by Crippen LogP contribution is -2.69. The highest BCUT2D eigenvalue weighted by Crippen LogP contribution is 2.64. The van der Waals surface area contributed by atoms with Gasteiger partial charge in [-0.25, -0.2) is 0 Å². The minimum absolute atomic E-state index is 0.0201. The minimum Gasteiger partial charge on any atom is -0.504 e. The number of methoxy groups -OCH3 is 1. The molecule has 2 aliphatic heterocycles. The zero-order valence-electron chi connectivity index (χ0n) is 20.0. The topological polar surface area (TPSA) is 129 Å². The molecule has 9 heteroatoms. The van der Waals surface area contributed by atoms with Gasteiger partial charge in [0.2, 0.25) is 0 Å². The van der Waals surface area contributed by atoms with E-state index < -0.39 is 18.0 Å². The number of phenolic OH excluding ortho intramolecular Hbond substituents is 1. The summed E-state index contributed by atoms with van der Waals surface area (Å²) in [5.74, 6) is -0.377. The molecule has 35 heavy (non-hydrogen) atoms. The van der Waals surface area contributed by atoms with Gasteiger partial charge in [-0.15, -0.1) is 0 Å². The Morgan fingerprint density at radius 2 is 2.14 bits per heavy atom. The number of hydrogen-bond donors (Lipinski definition) is 4. The Hall–Kier alpha value is -2.36. The van der Waals surface area contributed by atoms with Crippen LogP contribution in [0, 0.1) is 11.8 Å². The highest BCUT2D eigenvalue weighted by atomic mass is 16.5. The summed E-state index contributed by atoms with van der Waals surface area (Å²) >= 11 is 0. The van der Waals surface area contributed by atoms with Crippen molar-refractivity contribution >= 4 is 11.9 Å². The van der Waals surface area contributed by atoms with Crippen molar-refractivity contribution in [2.45, 2.75) is 80.7 Å². The fourth-order valence-electron chi connectivity index (χ4n) is 7.83. The number of carboxylic acids is 2. The van der Waals surface area contributed by atoms with E-state index in [2.05, 4.69) is 10.2 Å². The molecule has 1 spiro atoms. The van der Waals surface area contributed by atoms with Crippen LogP contribution in [0.5, 0.6) is 11.5 Å². The third-order valence-corrected chi connectivity index (χ3v) is 9.42. The molecule has 1 aromatic rings. The Balaban J connectivity index is 1.32. The summed E-state index contributed by atoms with van der Waals surface area (Å²) in [6.45, 7) is 1.98. The van der Waals surface area contributed by atoms with E-state index in [1.165, 1.54) is 5.56 Å². The second kappa shape index (κ2) is 8.35. The van der Waals surface area contributed by atoms with Crippen molar-refractivity contribution in [2.75, 3.05) is 20.2 Å². The normalized spacial score (nSPS) is 37.3. The molecule has 8 atom stereocenters. The lowest BCUT2D eigenvalue weighted by Gasteiger charge is -2.60. The third kappa shape index (κ3) is 3.54. The van der Waals surface area contributed by atoms with Crippen LogP contribution >= 0.6 is 0 Å². The molecule has 5 aliphatic rings. The smallest absolute Gasteiger partial charge is 0.320 e. The lowest BCUT2D eigenvalue weighted by atomic mass is 9.51. The summed E-state index contributed by atoms with van der Waals surface area (Å²) in [4.78, 5) is 25.7. The first kappa shape index (κ1) is 23.1. The largest absolute Gasteiger partial charge is 0.504 e. The zero-order chi connectivity index (χ0) is 24.5. The molecule has 6 rings (SSSR count). The second-order valence-corrected chi connectivity index (χ2v) is 11.1. The van der Waals surface area contributed by atoms with Gasteiger partial charge in [-0.3, -0.25) is 19.8 Å². The van der Waals surface area contributed by atoms with Gasteiger partial charge in [0, 0.05) is 49.1 Å². The molecule has 1 saturated heterocycles. The molecule has 2 bridgehead atoms. The van der Waals surface area contributed by atoms with Gasteiger partial charge in [-0.05, 0) is 62.6 Å². The van der Waals surface area contributed by atoms with Gasteiger partial charge in [-0.2, -0.15) is 0 Å². The number of carbonyl (C=O) groups is 2. The van der Waals surface area contributed by atoms with Crippen molar-refractivity contribution < 1.29 is 34.4 Å². The van der Waals surface area contributed by atoms with Gasteiger partial charge in [0.25, 0.3) is 0 Å². The Kier molecular flexibility index (Phi) is 5.50. The van der Waals surface area contributed by atoms with Crippen LogP contribution in [0.15, 0.2) is 12.1 Å². The second-order valence-electron chi connectivity index (χ2n) is 11.1. The van der Waals surface area contributed by atoms with Crippen LogP contribution in [0.2, 0.25) is 0 Å². The highest BCUT2D eigenvalue weighted by Gasteiger charge is 2.66. The molecule has 3 aliphatic carbocycles. The molecule has 2 saturated carbocycles. The predicted molar refractivity (Wildman–Crippen MR) is 125 cm³/mol. The van der Waals surface area contributed by atoms with Gasteiger partial charge in [0.1, 0.15) is 12.1 Å². The zero-order valence-corrected chi connectivity index (χ0v) is 20.0. The quantitative estimate of drug-likeness (QED) is 0.413. The molecule has 190 valence electrons. The van der Waals surface area contributed by atoms with E-state index in [-0.39, 0.29) is 36.2 Å². The van der Waals surface area contributed by atoms with Crippen molar-refractivity contribution in [2.24, 2.45) is 11.8 Å². The predicted octanol–water partition coefficient (Wildman–Crippen LogP) is 1.74. The monoisotopic (exact) mass is 486 g/mol. The van der Waals surface area contributed by atoms with Crippen molar-refractivity contribution in [3.63, 3.8) is 0 Å². The molecule has 1 aromatic carbocycles. The summed E-state index contributed by atoms with van der Waals surface area (Å²) in [5.41, 5.74) is 2.10. The molecule has 9 nitrogen and oxygen atoms in total. The van der Waals surface area contributed by atoms with Crippen LogP contribution in [-0.2, 0) is 26.2 Å². The maximum atomic E-state index is 11.9. The van der Waals surface area contributed by atoms with Crippen LogP contribution in [0.25, 0.3) is 0 Å². The Labute approximate surface area is 204 Å². The Bertz CT molecular complexity index is 1050. The number of rotatable bonds is 9. The molecule has 2 unspecified atom stereocenters. The Morgan fingerprint density at radius 1 is 1.31 bits per heavy atom. The number of aliphatic carboxylic acids is 2. The highest BCUT2D eigenvalue weighted by molar-refractivity contribution is 5.75. The van der Waals surface area contributed by atoms with E-state index in [1.54, 1.807) is 13.2 Å². The molecular weight excluding hydrogens is 452 g/mol. The van der Waals surface area contributed by atoms with Gasteiger partial charge in [-0.1, -0.05) is 6.07 Å². The summed E-state index contributed by atoms with van der Waals surface area (Å²) in [6.07, 6.45) is 4.55. The SMILES string of the molecule is COC1CC1CN1CC[C@]23c4c5ccc(O)c4O[C@H]2[C@@H](N[C@@H](CCC(=O)O)C(=O)O)CC[C@H]3[C@H]1C5. The fourth-order valence-corrected chi connectivity index (χ4v) is 7.83. The molecule has 0 amide bonds. The molecule has 0 radical (unpaired) electrons. The number of ether oxygens (including phenoxy) is 2. The molecular formula is C26H34N2O7. The minimum atomic E-state index is -1.04. The van der Waals surface area contributed by atoms with E-state index in [1.807, 2.05) is 6.07 Å². The van der Waals surface area contributed by atoms with E-state index >= 15 is 0 Å². The van der Waals surface area contributed by atoms with Crippen molar-refractivity contribution in [3.05, 3.63) is 23.3 Å². The lowest BCUT2D eigenvalue weighted by molar-refractivity contribution is -0.141. The van der Waals surface area contributed by atoms with Gasteiger partial charge >= 0.3 is 11.9 Å². The summed E-state index contributed by atoms with van der Waals surface area (Å²) in [6, 6.07) is 2.96. The first-order valence-corrected chi connectivity index (χ1v) is 12.8. The van der Waals surface area contributed by atoms with Crippen LogP contribution in [-0.4, -0.2) is 82.7 Å². The standard InChI is InChI=1S/C26H34N2O7/c1-34-20-11-14(20)12-28-9-8-26-15-3-4-16(27-17(25(32)33)5-7-21(30)31)24(26)35-23-19(29)6-2-13(22(23)26)10-18(15)28/h2,6,14-18,20,24,27,29H,3-5,7-12H2,1H3,(H,30,31)(H,32,33)/t14?,15-,16-,17-,18+,20?,24-,26-/m0/s1. The van der Waals surface area contributed by atoms with E-state index in [0.717, 1.165) is 50.8 Å². The number of likely N-dealkylation sites (tertiary alicyclic amines) is 1. The fraction of sp³-hybridized carbons (Fsp3) is 0.692. The third-order valence-electron chi connectivity index (χ3n) is 9.42. The van der Waals surface area contributed by atoms with Crippen molar-refractivity contribution in [1.29, 1.82) is 0 Å². The summed E-state index contributed by atoms with van der Waals surface area (Å²) in [7, 11) is 1.79. The summed E-state index contributed by atoms with van der Waals surface area (Å²) < 4.78 is 12.1. The molecule has 4 N–H and O–H groups in total. The van der Waals surface area contributed by atoms with Crippen LogP contribution in [0.1, 0.15) is 49.7 Å². The number of benzene rings is 1. The van der Waals surface area contributed by atoms with Gasteiger partial charge < -0.3 is 24.8 Å². The number of nitrogens with one attached hydrogen (secondary N) is 1. The molecule has 0 aromatic heterocycles. The average Bonchev–Trinajstić information content (AvgIpc) is 3.49. The number of aromatic hydroxyl groups is 1. The molecule has 3 fully saturated rings. The number of carboxylic acid groups (broad SMARTS) is 2. The number of piperidine rings is 1.